The number of aliphatic hydroxyl groups excluding tert-OH is 1. The highest BCUT2D eigenvalue weighted by Gasteiger charge is 2.51. The zero-order chi connectivity index (χ0) is 26.1. The van der Waals surface area contributed by atoms with Crippen molar-refractivity contribution in [1.29, 1.82) is 0 Å². The number of aliphatic hydroxyl groups is 1. The zero-order valence-electron chi connectivity index (χ0n) is 21.3. The van der Waals surface area contributed by atoms with Crippen molar-refractivity contribution in [3.8, 4) is 0 Å². The van der Waals surface area contributed by atoms with Crippen LogP contribution in [0.3, 0.4) is 0 Å². The highest BCUT2D eigenvalue weighted by molar-refractivity contribution is 9.10. The predicted octanol–water partition coefficient (Wildman–Crippen LogP) is 5.20. The number of amides is 1. The van der Waals surface area contributed by atoms with Gasteiger partial charge in [-0.05, 0) is 64.0 Å². The molecule has 1 aliphatic heterocycles. The second kappa shape index (κ2) is 11.1. The third kappa shape index (κ3) is 5.67. The van der Waals surface area contributed by atoms with Crippen LogP contribution in [-0.2, 0) is 16.2 Å². The van der Waals surface area contributed by atoms with Crippen LogP contribution in [0.15, 0.2) is 27.8 Å². The van der Waals surface area contributed by atoms with E-state index in [0.717, 1.165) is 6.42 Å². The number of azide groups is 1. The van der Waals surface area contributed by atoms with Crippen molar-refractivity contribution in [2.75, 3.05) is 6.54 Å². The monoisotopic (exact) mass is 553 g/mol. The quantitative estimate of drug-likeness (QED) is 0.274. The molecule has 1 aliphatic carbocycles. The number of benzene rings is 1. The standard InChI is InChI=1S/C25H37BrFN5O3/c1-13-10-19(14(2)15(3)25(13,5)6)30-24(34)23-21(16(4)33)20(11-29-31-28)35-32(23)12-17-8-7-9-18(26)22(17)27/h7-9,13-16,19-21,23,33H,10-12H2,1-6H3,(H,30,34)/t13-,14+,15+,16+,19+,20+,21-,23+/m1/s1. The van der Waals surface area contributed by atoms with Crippen LogP contribution >= 0.6 is 15.9 Å². The lowest BCUT2D eigenvalue weighted by Crippen LogP contribution is -2.56. The van der Waals surface area contributed by atoms with Gasteiger partial charge < -0.3 is 10.4 Å². The number of halogens is 2. The summed E-state index contributed by atoms with van der Waals surface area (Å²) in [5, 5.41) is 18.9. The maximum absolute atomic E-state index is 14.8. The van der Waals surface area contributed by atoms with Gasteiger partial charge >= 0.3 is 0 Å². The summed E-state index contributed by atoms with van der Waals surface area (Å²) >= 11 is 3.20. The molecule has 194 valence electrons. The Kier molecular flexibility index (Phi) is 8.86. The molecule has 2 N–H and O–H groups in total. The maximum atomic E-state index is 14.8. The van der Waals surface area contributed by atoms with Gasteiger partial charge in [0.05, 0.1) is 29.8 Å². The second-order valence-corrected chi connectivity index (χ2v) is 11.7. The van der Waals surface area contributed by atoms with Crippen molar-refractivity contribution in [3.05, 3.63) is 44.5 Å². The summed E-state index contributed by atoms with van der Waals surface area (Å²) in [5.41, 5.74) is 9.33. The summed E-state index contributed by atoms with van der Waals surface area (Å²) < 4.78 is 15.1. The molecule has 1 heterocycles. The van der Waals surface area contributed by atoms with Crippen molar-refractivity contribution >= 4 is 21.8 Å². The number of nitrogens with one attached hydrogen (secondary N) is 1. The van der Waals surface area contributed by atoms with Crippen LogP contribution in [0.5, 0.6) is 0 Å². The van der Waals surface area contributed by atoms with Gasteiger partial charge in [-0.1, -0.05) is 51.9 Å². The first-order valence-corrected chi connectivity index (χ1v) is 13.0. The van der Waals surface area contributed by atoms with Crippen LogP contribution in [0.25, 0.3) is 10.4 Å². The van der Waals surface area contributed by atoms with E-state index in [4.69, 9.17) is 10.4 Å². The van der Waals surface area contributed by atoms with Gasteiger partial charge in [-0.25, -0.2) is 4.39 Å². The average molecular weight is 555 g/mol. The van der Waals surface area contributed by atoms with Crippen LogP contribution < -0.4 is 5.32 Å². The Hall–Kier alpha value is -1.71. The molecule has 1 amide bonds. The van der Waals surface area contributed by atoms with E-state index in [1.807, 2.05) is 0 Å². The Morgan fingerprint density at radius 2 is 2.11 bits per heavy atom. The third-order valence-corrected chi connectivity index (χ3v) is 9.30. The summed E-state index contributed by atoms with van der Waals surface area (Å²) in [7, 11) is 0. The van der Waals surface area contributed by atoms with Crippen molar-refractivity contribution in [2.45, 2.75) is 78.8 Å². The fourth-order valence-electron chi connectivity index (χ4n) is 5.66. The summed E-state index contributed by atoms with van der Waals surface area (Å²) in [6.07, 6.45) is -0.778. The first-order chi connectivity index (χ1) is 16.4. The van der Waals surface area contributed by atoms with Crippen LogP contribution in [0.4, 0.5) is 4.39 Å². The Bertz CT molecular complexity index is 970. The first-order valence-electron chi connectivity index (χ1n) is 12.3. The Morgan fingerprint density at radius 1 is 1.43 bits per heavy atom. The summed E-state index contributed by atoms with van der Waals surface area (Å²) in [5.74, 6) is -0.295. The van der Waals surface area contributed by atoms with Gasteiger partial charge in [0.1, 0.15) is 11.9 Å². The summed E-state index contributed by atoms with van der Waals surface area (Å²) in [4.78, 5) is 22.6. The fourth-order valence-corrected chi connectivity index (χ4v) is 6.07. The molecule has 3 rings (SSSR count). The van der Waals surface area contributed by atoms with E-state index in [2.05, 4.69) is 65.9 Å². The number of rotatable bonds is 7. The molecule has 0 unspecified atom stereocenters. The van der Waals surface area contributed by atoms with E-state index in [1.54, 1.807) is 25.1 Å². The minimum atomic E-state index is -0.914. The number of carbonyl (C=O) groups is 1. The number of nitrogens with zero attached hydrogens (tertiary/aromatic N) is 4. The minimum Gasteiger partial charge on any atom is -0.393 e. The molecule has 0 spiro atoms. The van der Waals surface area contributed by atoms with Crippen LogP contribution in [-0.4, -0.2) is 46.9 Å². The van der Waals surface area contributed by atoms with E-state index in [0.29, 0.717) is 21.9 Å². The van der Waals surface area contributed by atoms with Gasteiger partial charge in [0.15, 0.2) is 0 Å². The molecule has 1 aromatic carbocycles. The van der Waals surface area contributed by atoms with Crippen LogP contribution in [0.1, 0.15) is 53.5 Å². The molecule has 35 heavy (non-hydrogen) atoms. The van der Waals surface area contributed by atoms with E-state index in [9.17, 15) is 14.3 Å². The van der Waals surface area contributed by atoms with E-state index >= 15 is 0 Å². The Morgan fingerprint density at radius 3 is 2.74 bits per heavy atom. The van der Waals surface area contributed by atoms with E-state index < -0.39 is 30.0 Å². The Balaban J connectivity index is 1.90. The largest absolute Gasteiger partial charge is 0.393 e. The normalized spacial score (nSPS) is 33.7. The second-order valence-electron chi connectivity index (χ2n) is 10.8. The molecular formula is C25H37BrFN5O3. The lowest BCUT2D eigenvalue weighted by Gasteiger charge is -2.50. The maximum Gasteiger partial charge on any atom is 0.240 e. The van der Waals surface area contributed by atoms with Crippen molar-refractivity contribution < 1.29 is 19.1 Å². The molecule has 1 saturated carbocycles. The molecule has 8 atom stereocenters. The molecule has 1 saturated heterocycles. The van der Waals surface area contributed by atoms with Gasteiger partial charge in [-0.3, -0.25) is 9.63 Å². The minimum absolute atomic E-state index is 0.000591. The lowest BCUT2D eigenvalue weighted by molar-refractivity contribution is -0.174. The van der Waals surface area contributed by atoms with Gasteiger partial charge in [0.2, 0.25) is 5.91 Å². The van der Waals surface area contributed by atoms with Crippen LogP contribution in [0.2, 0.25) is 0 Å². The molecule has 8 nitrogen and oxygen atoms in total. The van der Waals surface area contributed by atoms with Crippen molar-refractivity contribution in [1.82, 2.24) is 10.4 Å². The molecule has 0 bridgehead atoms. The summed E-state index contributed by atoms with van der Waals surface area (Å²) in [6, 6.07) is 4.04. The van der Waals surface area contributed by atoms with E-state index in [-0.39, 0.29) is 36.4 Å². The van der Waals surface area contributed by atoms with Gasteiger partial charge in [-0.15, -0.1) is 0 Å². The number of hydrogen-bond acceptors (Lipinski definition) is 5. The zero-order valence-corrected chi connectivity index (χ0v) is 22.9. The van der Waals surface area contributed by atoms with E-state index in [1.165, 1.54) is 5.06 Å². The molecule has 1 aromatic rings. The Labute approximate surface area is 215 Å². The van der Waals surface area contributed by atoms with Gasteiger partial charge in [0, 0.05) is 22.4 Å². The fraction of sp³-hybridized carbons (Fsp3) is 0.720. The molecule has 2 fully saturated rings. The molecular weight excluding hydrogens is 517 g/mol. The highest BCUT2D eigenvalue weighted by atomic mass is 79.9. The van der Waals surface area contributed by atoms with Crippen LogP contribution in [0, 0.1) is 34.9 Å². The summed E-state index contributed by atoms with van der Waals surface area (Å²) in [6.45, 7) is 12.7. The molecule has 0 aromatic heterocycles. The third-order valence-electron chi connectivity index (χ3n) is 8.69. The highest BCUT2D eigenvalue weighted by Crippen LogP contribution is 2.47. The molecule has 10 heteroatoms. The smallest absolute Gasteiger partial charge is 0.240 e. The first kappa shape index (κ1) is 27.9. The van der Waals surface area contributed by atoms with Crippen molar-refractivity contribution in [2.24, 2.45) is 34.2 Å². The number of hydroxylamine groups is 2. The molecule has 0 radical (unpaired) electrons. The predicted molar refractivity (Wildman–Crippen MR) is 135 cm³/mol. The number of hydrogen-bond donors (Lipinski definition) is 2. The SMILES string of the molecule is C[C@@H]1[C@@H](NC(=O)[C@@H]2[C@H]([C@H](C)O)[C@H](CN=[N+]=[N-])ON2Cc2cccc(Br)c2F)C[C@@H](C)C(C)(C)[C@H]1C. The molecule has 2 aliphatic rings. The average Bonchev–Trinajstić information content (AvgIpc) is 3.16. The topological polar surface area (TPSA) is 111 Å². The lowest BCUT2D eigenvalue weighted by atomic mass is 9.58. The van der Waals surface area contributed by atoms with Crippen molar-refractivity contribution in [3.63, 3.8) is 0 Å². The van der Waals surface area contributed by atoms with Gasteiger partial charge in [-0.2, -0.15) is 5.06 Å². The number of carbonyl (C=O) groups excluding carboxylic acids is 1. The van der Waals surface area contributed by atoms with Gasteiger partial charge in [0.25, 0.3) is 0 Å².